The van der Waals surface area contributed by atoms with Gasteiger partial charge in [0.05, 0.1) is 6.20 Å². The average Bonchev–Trinajstić information content (AvgIpc) is 2.56. The quantitative estimate of drug-likeness (QED) is 0.794. The zero-order valence-corrected chi connectivity index (χ0v) is 13.4. The number of carbonyl (C=O) groups is 1. The molecule has 0 aliphatic heterocycles. The highest BCUT2D eigenvalue weighted by molar-refractivity contribution is 6.03. The maximum atomic E-state index is 13.1. The van der Waals surface area contributed by atoms with Crippen LogP contribution in [0.25, 0.3) is 0 Å². The Morgan fingerprint density at radius 2 is 1.96 bits per heavy atom. The summed E-state index contributed by atoms with van der Waals surface area (Å²) in [6.45, 7) is 3.76. The number of nitrogens with zero attached hydrogens (tertiary/aromatic N) is 3. The van der Waals surface area contributed by atoms with Crippen molar-refractivity contribution < 1.29 is 22.7 Å². The van der Waals surface area contributed by atoms with Gasteiger partial charge in [0.1, 0.15) is 17.1 Å². The van der Waals surface area contributed by atoms with Gasteiger partial charge >= 0.3 is 6.43 Å². The Morgan fingerprint density at radius 1 is 1.20 bits per heavy atom. The van der Waals surface area contributed by atoms with Crippen molar-refractivity contribution in [2.24, 2.45) is 0 Å². The minimum Gasteiger partial charge on any atom is -0.452 e. The average molecular weight is 355 g/mol. The number of pyridine rings is 1. The van der Waals surface area contributed by atoms with Crippen LogP contribution in [-0.2, 0) is 0 Å². The summed E-state index contributed by atoms with van der Waals surface area (Å²) in [6, 6.07) is 2.60. The van der Waals surface area contributed by atoms with E-state index >= 15 is 0 Å². The maximum absolute atomic E-state index is 13.1. The summed E-state index contributed by atoms with van der Waals surface area (Å²) >= 11 is 0. The Kier molecular flexibility index (Phi) is 6.09. The maximum Gasteiger partial charge on any atom is 0.304 e. The minimum atomic E-state index is -3.32. The highest BCUT2D eigenvalue weighted by Crippen LogP contribution is 2.26. The fourth-order valence-electron chi connectivity index (χ4n) is 1.75. The number of ether oxygens (including phenoxy) is 1. The lowest BCUT2D eigenvalue weighted by Gasteiger charge is -2.14. The summed E-state index contributed by atoms with van der Waals surface area (Å²) in [6.07, 6.45) is -2.37. The van der Waals surface area contributed by atoms with Gasteiger partial charge in [-0.3, -0.25) is 9.78 Å². The second-order valence-corrected chi connectivity index (χ2v) is 5.19. The fourth-order valence-corrected chi connectivity index (χ4v) is 1.75. The van der Waals surface area contributed by atoms with Crippen LogP contribution in [0.1, 0.15) is 24.3 Å². The Morgan fingerprint density at radius 3 is 2.64 bits per heavy atom. The molecule has 1 amide bonds. The lowest BCUT2D eigenvalue weighted by molar-refractivity contribution is -0.0665. The van der Waals surface area contributed by atoms with E-state index in [0.717, 1.165) is 12.3 Å². The molecule has 0 aliphatic rings. The lowest BCUT2D eigenvalue weighted by atomic mass is 10.3. The minimum absolute atomic E-state index is 0.0265. The predicted octanol–water partition coefficient (Wildman–Crippen LogP) is 2.88. The third-order valence-corrected chi connectivity index (χ3v) is 2.77. The van der Waals surface area contributed by atoms with E-state index in [0.29, 0.717) is 0 Å². The van der Waals surface area contributed by atoms with Gasteiger partial charge in [-0.15, -0.1) is 0 Å². The van der Waals surface area contributed by atoms with E-state index in [-0.39, 0.29) is 29.1 Å². The van der Waals surface area contributed by atoms with Crippen LogP contribution in [0.3, 0.4) is 0 Å². The van der Waals surface area contributed by atoms with Gasteiger partial charge in [0.25, 0.3) is 12.3 Å². The molecule has 0 aromatic carbocycles. The van der Waals surface area contributed by atoms with E-state index in [1.165, 1.54) is 18.5 Å². The molecular formula is C15H16F3N5O2. The molecule has 2 rings (SSSR count). The zero-order valence-electron chi connectivity index (χ0n) is 13.4. The number of carbonyl (C=O) groups excluding carboxylic acids is 1. The van der Waals surface area contributed by atoms with E-state index in [9.17, 15) is 18.0 Å². The number of hydrogen-bond donors (Lipinski definition) is 2. The van der Waals surface area contributed by atoms with Gasteiger partial charge in [0, 0.05) is 24.5 Å². The SMILES string of the molecule is CC(C)Nc1nccc(C(=O)Nc2cnccc2OC(F)C(F)F)n1. The number of halogens is 3. The summed E-state index contributed by atoms with van der Waals surface area (Å²) in [5.41, 5.74) is -0.0357. The number of hydrogen-bond acceptors (Lipinski definition) is 6. The van der Waals surface area contributed by atoms with Crippen LogP contribution >= 0.6 is 0 Å². The Bertz CT molecular complexity index is 730. The van der Waals surface area contributed by atoms with Gasteiger partial charge in [-0.1, -0.05) is 0 Å². The van der Waals surface area contributed by atoms with Crippen LogP contribution in [0, 0.1) is 0 Å². The zero-order chi connectivity index (χ0) is 18.4. The second kappa shape index (κ2) is 8.27. The van der Waals surface area contributed by atoms with E-state index in [2.05, 4.69) is 30.3 Å². The summed E-state index contributed by atoms with van der Waals surface area (Å²) in [7, 11) is 0. The monoisotopic (exact) mass is 355 g/mol. The fraction of sp³-hybridized carbons (Fsp3) is 0.333. The lowest BCUT2D eigenvalue weighted by Crippen LogP contribution is -2.21. The normalized spacial score (nSPS) is 12.1. The molecule has 0 saturated carbocycles. The molecule has 2 N–H and O–H groups in total. The van der Waals surface area contributed by atoms with Crippen molar-refractivity contribution >= 4 is 17.5 Å². The Labute approximate surface area is 141 Å². The van der Waals surface area contributed by atoms with Crippen molar-refractivity contribution in [3.8, 4) is 5.75 Å². The Hall–Kier alpha value is -2.91. The molecule has 1 unspecified atom stereocenters. The van der Waals surface area contributed by atoms with Crippen LogP contribution in [0.15, 0.2) is 30.7 Å². The van der Waals surface area contributed by atoms with Crippen molar-refractivity contribution in [3.63, 3.8) is 0 Å². The molecule has 2 aromatic rings. The number of alkyl halides is 3. The largest absolute Gasteiger partial charge is 0.452 e. The number of amides is 1. The van der Waals surface area contributed by atoms with Crippen LogP contribution in [-0.4, -0.2) is 39.7 Å². The smallest absolute Gasteiger partial charge is 0.304 e. The van der Waals surface area contributed by atoms with Crippen molar-refractivity contribution in [1.82, 2.24) is 15.0 Å². The molecule has 2 aromatic heterocycles. The molecule has 25 heavy (non-hydrogen) atoms. The van der Waals surface area contributed by atoms with Crippen LogP contribution in [0.5, 0.6) is 5.75 Å². The number of aromatic nitrogens is 3. The Balaban J connectivity index is 2.15. The van der Waals surface area contributed by atoms with E-state index < -0.39 is 18.7 Å². The topological polar surface area (TPSA) is 89.0 Å². The molecule has 0 fully saturated rings. The third kappa shape index (κ3) is 5.30. The first kappa shape index (κ1) is 18.4. The molecule has 0 spiro atoms. The first-order chi connectivity index (χ1) is 11.9. The van der Waals surface area contributed by atoms with Gasteiger partial charge in [-0.25, -0.2) is 18.7 Å². The van der Waals surface area contributed by atoms with E-state index in [1.807, 2.05) is 13.8 Å². The number of rotatable bonds is 7. The van der Waals surface area contributed by atoms with Gasteiger partial charge < -0.3 is 15.4 Å². The molecule has 10 heteroatoms. The third-order valence-electron chi connectivity index (χ3n) is 2.77. The molecule has 7 nitrogen and oxygen atoms in total. The van der Waals surface area contributed by atoms with Crippen LogP contribution in [0.2, 0.25) is 0 Å². The van der Waals surface area contributed by atoms with Crippen molar-refractivity contribution in [2.45, 2.75) is 32.7 Å². The molecule has 0 radical (unpaired) electrons. The van der Waals surface area contributed by atoms with E-state index in [4.69, 9.17) is 0 Å². The standard InChI is InChI=1S/C15H16F3N5O2/c1-8(2)21-15-20-6-3-9(23-15)14(24)22-10-7-19-5-4-11(10)25-13(18)12(16)17/h3-8,12-13H,1-2H3,(H,22,24)(H,20,21,23). The second-order valence-electron chi connectivity index (χ2n) is 5.19. The van der Waals surface area contributed by atoms with Gasteiger partial charge in [-0.2, -0.15) is 4.39 Å². The first-order valence-corrected chi connectivity index (χ1v) is 7.30. The van der Waals surface area contributed by atoms with E-state index in [1.54, 1.807) is 0 Å². The molecule has 134 valence electrons. The summed E-state index contributed by atoms with van der Waals surface area (Å²) in [4.78, 5) is 24.0. The molecule has 1 atom stereocenters. The number of anilines is 2. The van der Waals surface area contributed by atoms with Crippen LogP contribution < -0.4 is 15.4 Å². The highest BCUT2D eigenvalue weighted by atomic mass is 19.3. The van der Waals surface area contributed by atoms with Gasteiger partial charge in [-0.05, 0) is 19.9 Å². The molecular weight excluding hydrogens is 339 g/mol. The van der Waals surface area contributed by atoms with Crippen LogP contribution in [0.4, 0.5) is 24.8 Å². The van der Waals surface area contributed by atoms with Gasteiger partial charge in [0.2, 0.25) is 5.95 Å². The molecule has 0 bridgehead atoms. The molecule has 0 saturated heterocycles. The molecule has 0 aliphatic carbocycles. The van der Waals surface area contributed by atoms with Gasteiger partial charge in [0.15, 0.2) is 0 Å². The summed E-state index contributed by atoms with van der Waals surface area (Å²) < 4.78 is 42.2. The molecule has 2 heterocycles. The highest BCUT2D eigenvalue weighted by Gasteiger charge is 2.23. The van der Waals surface area contributed by atoms with Crippen molar-refractivity contribution in [2.75, 3.05) is 10.6 Å². The first-order valence-electron chi connectivity index (χ1n) is 7.30. The van der Waals surface area contributed by atoms with Crippen molar-refractivity contribution in [3.05, 3.63) is 36.4 Å². The number of nitrogens with one attached hydrogen (secondary N) is 2. The summed E-state index contributed by atoms with van der Waals surface area (Å²) in [5, 5.41) is 5.34. The summed E-state index contributed by atoms with van der Waals surface area (Å²) in [5.74, 6) is -0.669. The predicted molar refractivity (Wildman–Crippen MR) is 84.5 cm³/mol. The van der Waals surface area contributed by atoms with Crippen molar-refractivity contribution in [1.29, 1.82) is 0 Å².